The second kappa shape index (κ2) is 3.92. The summed E-state index contributed by atoms with van der Waals surface area (Å²) in [6.07, 6.45) is 1.62. The molecule has 1 aromatic rings. The molecule has 0 spiro atoms. The van der Waals surface area contributed by atoms with Gasteiger partial charge in [0.1, 0.15) is 0 Å². The Morgan fingerprint density at radius 2 is 1.85 bits per heavy atom. The maximum atomic E-state index is 11.3. The van der Waals surface area contributed by atoms with Crippen LogP contribution in [0, 0.1) is 6.92 Å². The molecule has 0 saturated heterocycles. The molecule has 0 bridgehead atoms. The molecule has 1 aromatic carbocycles. The maximum Gasteiger partial charge on any atom is 0.154 e. The minimum atomic E-state index is -3.03. The molecule has 0 amide bonds. The molecule has 13 heavy (non-hydrogen) atoms. The van der Waals surface area contributed by atoms with Gasteiger partial charge in [0.2, 0.25) is 0 Å². The molecule has 0 aliphatic rings. The molecule has 2 nitrogen and oxygen atoms in total. The van der Waals surface area contributed by atoms with E-state index in [0.717, 1.165) is 5.56 Å². The quantitative estimate of drug-likeness (QED) is 0.742. The maximum absolute atomic E-state index is 11.3. The monoisotopic (exact) mass is 197 g/mol. The molecule has 0 fully saturated rings. The van der Waals surface area contributed by atoms with Crippen LogP contribution in [-0.2, 0) is 9.84 Å². The van der Waals surface area contributed by atoms with E-state index in [1.165, 1.54) is 6.26 Å². The second-order valence-electron chi connectivity index (χ2n) is 3.02. The van der Waals surface area contributed by atoms with E-state index in [0.29, 0.717) is 6.42 Å². The number of hydrogen-bond donors (Lipinski definition) is 0. The van der Waals surface area contributed by atoms with Gasteiger partial charge in [-0.1, -0.05) is 37.3 Å². The molecule has 0 saturated carbocycles. The van der Waals surface area contributed by atoms with Crippen LogP contribution in [0.25, 0.3) is 0 Å². The van der Waals surface area contributed by atoms with Crippen LogP contribution in [0.5, 0.6) is 0 Å². The zero-order valence-corrected chi connectivity index (χ0v) is 8.42. The molecule has 0 heterocycles. The summed E-state index contributed by atoms with van der Waals surface area (Å²) in [5, 5.41) is -0.464. The van der Waals surface area contributed by atoms with Crippen molar-refractivity contribution in [2.45, 2.75) is 11.7 Å². The van der Waals surface area contributed by atoms with Crippen LogP contribution in [-0.4, -0.2) is 14.7 Å². The van der Waals surface area contributed by atoms with Crippen LogP contribution in [0.15, 0.2) is 30.3 Å². The molecular formula is C10H13O2S. The third-order valence-electron chi connectivity index (χ3n) is 1.95. The lowest BCUT2D eigenvalue weighted by Gasteiger charge is -2.12. The summed E-state index contributed by atoms with van der Waals surface area (Å²) in [5.41, 5.74) is 0.819. The summed E-state index contributed by atoms with van der Waals surface area (Å²) in [5.74, 6) is 0. The number of sulfone groups is 1. The standard InChI is InChI=1S/C10H13O2S/c1-3-10(13(2,11)12)9-7-5-4-6-8-9/h4-8,10H,1,3H2,2H3. The Kier molecular flexibility index (Phi) is 3.09. The minimum absolute atomic E-state index is 0.378. The van der Waals surface area contributed by atoms with Crippen molar-refractivity contribution in [2.24, 2.45) is 0 Å². The fourth-order valence-corrected chi connectivity index (χ4v) is 2.38. The molecule has 0 aliphatic heterocycles. The average Bonchev–Trinajstić information content (AvgIpc) is 2.05. The SMILES string of the molecule is [CH2]CC(c1ccccc1)S(C)(=O)=O. The summed E-state index contributed by atoms with van der Waals surface area (Å²) < 4.78 is 22.6. The fraction of sp³-hybridized carbons (Fsp3) is 0.300. The van der Waals surface area contributed by atoms with Crippen molar-refractivity contribution in [1.29, 1.82) is 0 Å². The van der Waals surface area contributed by atoms with Crippen molar-refractivity contribution >= 4 is 9.84 Å². The van der Waals surface area contributed by atoms with Gasteiger partial charge in [-0.3, -0.25) is 0 Å². The van der Waals surface area contributed by atoms with Gasteiger partial charge >= 0.3 is 0 Å². The van der Waals surface area contributed by atoms with Crippen LogP contribution >= 0.6 is 0 Å². The normalized spacial score (nSPS) is 14.0. The number of rotatable bonds is 3. The topological polar surface area (TPSA) is 34.1 Å². The molecule has 1 rings (SSSR count). The molecule has 1 atom stereocenters. The Labute approximate surface area is 79.5 Å². The van der Waals surface area contributed by atoms with Crippen LogP contribution in [0.3, 0.4) is 0 Å². The summed E-state index contributed by atoms with van der Waals surface area (Å²) in [6, 6.07) is 9.17. The third kappa shape index (κ3) is 2.56. The summed E-state index contributed by atoms with van der Waals surface area (Å²) in [7, 11) is -3.03. The van der Waals surface area contributed by atoms with Crippen LogP contribution < -0.4 is 0 Å². The largest absolute Gasteiger partial charge is 0.228 e. The summed E-state index contributed by atoms with van der Waals surface area (Å²) in [4.78, 5) is 0. The third-order valence-corrected chi connectivity index (χ3v) is 3.49. The van der Waals surface area contributed by atoms with Crippen molar-refractivity contribution in [2.75, 3.05) is 6.26 Å². The Hall–Kier alpha value is -0.830. The first-order chi connectivity index (χ1) is 6.05. The van der Waals surface area contributed by atoms with Crippen LogP contribution in [0.1, 0.15) is 17.2 Å². The zero-order valence-electron chi connectivity index (χ0n) is 7.60. The van der Waals surface area contributed by atoms with Gasteiger partial charge in [0.25, 0.3) is 0 Å². The molecule has 0 aromatic heterocycles. The van der Waals surface area contributed by atoms with Crippen molar-refractivity contribution < 1.29 is 8.42 Å². The fourth-order valence-electron chi connectivity index (χ4n) is 1.30. The van der Waals surface area contributed by atoms with E-state index in [-0.39, 0.29) is 0 Å². The van der Waals surface area contributed by atoms with Crippen molar-refractivity contribution in [3.63, 3.8) is 0 Å². The van der Waals surface area contributed by atoms with E-state index in [1.807, 2.05) is 30.3 Å². The first-order valence-corrected chi connectivity index (χ1v) is 6.04. The van der Waals surface area contributed by atoms with E-state index in [4.69, 9.17) is 0 Å². The van der Waals surface area contributed by atoms with Gasteiger partial charge < -0.3 is 0 Å². The predicted molar refractivity (Wildman–Crippen MR) is 54.0 cm³/mol. The number of hydrogen-bond acceptors (Lipinski definition) is 2. The molecule has 1 radical (unpaired) electrons. The summed E-state index contributed by atoms with van der Waals surface area (Å²) >= 11 is 0. The van der Waals surface area contributed by atoms with E-state index in [1.54, 1.807) is 0 Å². The van der Waals surface area contributed by atoms with Gasteiger partial charge in [-0.15, -0.1) is 0 Å². The first-order valence-electron chi connectivity index (χ1n) is 4.08. The van der Waals surface area contributed by atoms with Crippen LogP contribution in [0.2, 0.25) is 0 Å². The van der Waals surface area contributed by atoms with Crippen molar-refractivity contribution in [1.82, 2.24) is 0 Å². The molecular weight excluding hydrogens is 184 g/mol. The number of benzene rings is 1. The van der Waals surface area contributed by atoms with E-state index in [9.17, 15) is 8.42 Å². The molecule has 0 aliphatic carbocycles. The van der Waals surface area contributed by atoms with Gasteiger partial charge in [-0.2, -0.15) is 0 Å². The van der Waals surface area contributed by atoms with Crippen LogP contribution in [0.4, 0.5) is 0 Å². The zero-order chi connectivity index (χ0) is 9.90. The van der Waals surface area contributed by atoms with E-state index in [2.05, 4.69) is 6.92 Å². The Balaban J connectivity index is 3.06. The molecule has 3 heteroatoms. The highest BCUT2D eigenvalue weighted by Crippen LogP contribution is 2.24. The molecule has 0 N–H and O–H groups in total. The highest BCUT2D eigenvalue weighted by molar-refractivity contribution is 7.90. The smallest absolute Gasteiger partial charge is 0.154 e. The highest BCUT2D eigenvalue weighted by atomic mass is 32.2. The van der Waals surface area contributed by atoms with Crippen molar-refractivity contribution in [3.05, 3.63) is 42.8 Å². The lowest BCUT2D eigenvalue weighted by Crippen LogP contribution is -2.10. The van der Waals surface area contributed by atoms with E-state index < -0.39 is 15.1 Å². The Morgan fingerprint density at radius 3 is 2.23 bits per heavy atom. The second-order valence-corrected chi connectivity index (χ2v) is 5.25. The van der Waals surface area contributed by atoms with Gasteiger partial charge in [0.05, 0.1) is 5.25 Å². The lowest BCUT2D eigenvalue weighted by atomic mass is 10.1. The Morgan fingerprint density at radius 1 is 1.31 bits per heavy atom. The van der Waals surface area contributed by atoms with Crippen molar-refractivity contribution in [3.8, 4) is 0 Å². The molecule has 71 valence electrons. The predicted octanol–water partition coefficient (Wildman–Crippen LogP) is 2.00. The van der Waals surface area contributed by atoms with Gasteiger partial charge in [0.15, 0.2) is 9.84 Å². The van der Waals surface area contributed by atoms with E-state index >= 15 is 0 Å². The van der Waals surface area contributed by atoms with Gasteiger partial charge in [0, 0.05) is 6.26 Å². The first kappa shape index (κ1) is 10.3. The highest BCUT2D eigenvalue weighted by Gasteiger charge is 2.19. The van der Waals surface area contributed by atoms with Gasteiger partial charge in [-0.25, -0.2) is 8.42 Å². The Bertz CT molecular complexity index is 354. The average molecular weight is 197 g/mol. The minimum Gasteiger partial charge on any atom is -0.228 e. The molecule has 1 unspecified atom stereocenters. The van der Waals surface area contributed by atoms with Gasteiger partial charge in [-0.05, 0) is 12.0 Å². The lowest BCUT2D eigenvalue weighted by molar-refractivity contribution is 0.588. The summed E-state index contributed by atoms with van der Waals surface area (Å²) in [6.45, 7) is 3.65.